The molecule has 0 aliphatic rings. The third-order valence-corrected chi connectivity index (χ3v) is 4.56. The Morgan fingerprint density at radius 3 is 2.36 bits per heavy atom. The molecule has 0 radical (unpaired) electrons. The van der Waals surface area contributed by atoms with Gasteiger partial charge in [0, 0.05) is 18.2 Å². The van der Waals surface area contributed by atoms with Crippen molar-refractivity contribution in [2.45, 2.75) is 31.8 Å². The molecule has 2 aromatic rings. The minimum atomic E-state index is -1.09. The topological polar surface area (TPSA) is 95.5 Å². The third-order valence-electron chi connectivity index (χ3n) is 3.57. The van der Waals surface area contributed by atoms with Crippen molar-refractivity contribution in [1.82, 2.24) is 10.6 Å². The van der Waals surface area contributed by atoms with Crippen LogP contribution in [0, 0.1) is 0 Å². The number of aliphatic carboxylic acids is 1. The number of carbonyl (C=O) groups is 3. The smallest absolute Gasteiger partial charge is 0.326 e. The number of thiophene rings is 1. The van der Waals surface area contributed by atoms with E-state index in [1.165, 1.54) is 18.3 Å². The fourth-order valence-electron chi connectivity index (χ4n) is 2.45. The molecule has 0 bridgehead atoms. The zero-order valence-corrected chi connectivity index (χ0v) is 14.6. The number of benzene rings is 1. The number of carbonyl (C=O) groups excluding carboxylic acids is 2. The average Bonchev–Trinajstić information content (AvgIpc) is 3.08. The summed E-state index contributed by atoms with van der Waals surface area (Å²) in [6.07, 6.45) is 0.185. The van der Waals surface area contributed by atoms with Crippen molar-refractivity contribution < 1.29 is 19.5 Å². The van der Waals surface area contributed by atoms with Gasteiger partial charge in [-0.1, -0.05) is 36.4 Å². The maximum Gasteiger partial charge on any atom is 0.326 e. The van der Waals surface area contributed by atoms with E-state index in [1.54, 1.807) is 0 Å². The minimum absolute atomic E-state index is 0.0152. The summed E-state index contributed by atoms with van der Waals surface area (Å²) in [7, 11) is 0. The van der Waals surface area contributed by atoms with Crippen molar-refractivity contribution in [3.63, 3.8) is 0 Å². The first-order valence-corrected chi connectivity index (χ1v) is 8.70. The van der Waals surface area contributed by atoms with Gasteiger partial charge < -0.3 is 15.7 Å². The molecule has 0 saturated carbocycles. The van der Waals surface area contributed by atoms with Gasteiger partial charge in [0.25, 0.3) is 0 Å². The monoisotopic (exact) mass is 360 g/mol. The first-order valence-electron chi connectivity index (χ1n) is 7.82. The third kappa shape index (κ3) is 6.04. The van der Waals surface area contributed by atoms with Crippen LogP contribution in [-0.2, 0) is 20.8 Å². The van der Waals surface area contributed by atoms with Crippen LogP contribution in [0.3, 0.4) is 0 Å². The van der Waals surface area contributed by atoms with E-state index < -0.39 is 24.0 Å². The van der Waals surface area contributed by atoms with Gasteiger partial charge >= 0.3 is 5.97 Å². The highest BCUT2D eigenvalue weighted by Crippen LogP contribution is 2.22. The predicted octanol–water partition coefficient (Wildman–Crippen LogP) is 2.13. The van der Waals surface area contributed by atoms with E-state index >= 15 is 0 Å². The Bertz CT molecular complexity index is 716. The van der Waals surface area contributed by atoms with Crippen molar-refractivity contribution in [1.29, 1.82) is 0 Å². The van der Waals surface area contributed by atoms with Crippen molar-refractivity contribution in [3.05, 3.63) is 58.3 Å². The number of carboxylic acid groups (broad SMARTS) is 1. The Hall–Kier alpha value is -2.67. The lowest BCUT2D eigenvalue weighted by atomic mass is 10.1. The first-order chi connectivity index (χ1) is 12.0. The highest BCUT2D eigenvalue weighted by Gasteiger charge is 2.23. The van der Waals surface area contributed by atoms with Gasteiger partial charge in [-0.25, -0.2) is 4.79 Å². The van der Waals surface area contributed by atoms with Crippen LogP contribution in [0.1, 0.15) is 29.8 Å². The van der Waals surface area contributed by atoms with Crippen LogP contribution in [-0.4, -0.2) is 28.9 Å². The van der Waals surface area contributed by atoms with Crippen LogP contribution in [0.2, 0.25) is 0 Å². The maximum atomic E-state index is 12.3. The van der Waals surface area contributed by atoms with Crippen LogP contribution in [0.25, 0.3) is 0 Å². The molecule has 0 aliphatic heterocycles. The molecule has 2 amide bonds. The standard InChI is InChI=1S/C18H20N2O4S/c1-12(21)19-14(16-8-5-9-25-16)11-17(22)20-15(18(23)24)10-13-6-3-2-4-7-13/h2-9,14-15H,10-11H2,1H3,(H,19,21)(H,20,22)(H,23,24)/t14?,15-/m1/s1. The molecule has 132 valence electrons. The van der Waals surface area contributed by atoms with Crippen LogP contribution in [0.4, 0.5) is 0 Å². The second kappa shape index (κ2) is 8.98. The Balaban J connectivity index is 2.01. The molecule has 1 aromatic heterocycles. The van der Waals surface area contributed by atoms with Gasteiger partial charge in [-0.3, -0.25) is 9.59 Å². The maximum absolute atomic E-state index is 12.3. The number of hydrogen-bond donors (Lipinski definition) is 3. The molecule has 0 saturated heterocycles. The largest absolute Gasteiger partial charge is 0.480 e. The number of hydrogen-bond acceptors (Lipinski definition) is 4. The molecule has 1 heterocycles. The Kier molecular flexibility index (Phi) is 6.71. The lowest BCUT2D eigenvalue weighted by molar-refractivity contribution is -0.142. The number of rotatable bonds is 8. The van der Waals surface area contributed by atoms with E-state index in [4.69, 9.17) is 0 Å². The molecule has 7 heteroatoms. The van der Waals surface area contributed by atoms with Gasteiger partial charge in [-0.2, -0.15) is 0 Å². The molecule has 1 aromatic carbocycles. The molecule has 6 nitrogen and oxygen atoms in total. The van der Waals surface area contributed by atoms with Gasteiger partial charge in [0.05, 0.1) is 12.5 Å². The van der Waals surface area contributed by atoms with Crippen LogP contribution < -0.4 is 10.6 Å². The zero-order valence-electron chi connectivity index (χ0n) is 13.8. The van der Waals surface area contributed by atoms with E-state index in [9.17, 15) is 19.5 Å². The second-order valence-corrected chi connectivity index (χ2v) is 6.60. The van der Waals surface area contributed by atoms with Gasteiger partial charge in [0.1, 0.15) is 6.04 Å². The van der Waals surface area contributed by atoms with Gasteiger partial charge in [-0.15, -0.1) is 11.3 Å². The molecule has 3 N–H and O–H groups in total. The zero-order chi connectivity index (χ0) is 18.2. The predicted molar refractivity (Wildman–Crippen MR) is 95.2 cm³/mol. The van der Waals surface area contributed by atoms with E-state index in [-0.39, 0.29) is 18.7 Å². The number of carboxylic acids is 1. The lowest BCUT2D eigenvalue weighted by Gasteiger charge is -2.19. The molecule has 0 spiro atoms. The van der Waals surface area contributed by atoms with Crippen molar-refractivity contribution in [2.75, 3.05) is 0 Å². The summed E-state index contributed by atoms with van der Waals surface area (Å²) in [6, 6.07) is 11.3. The van der Waals surface area contributed by atoms with Crippen molar-refractivity contribution >= 4 is 29.1 Å². The lowest BCUT2D eigenvalue weighted by Crippen LogP contribution is -2.43. The Morgan fingerprint density at radius 2 is 1.80 bits per heavy atom. The number of amides is 2. The SMILES string of the molecule is CC(=O)NC(CC(=O)N[C@H](Cc1ccccc1)C(=O)O)c1cccs1. The summed E-state index contributed by atoms with van der Waals surface area (Å²) in [6.45, 7) is 1.38. The number of nitrogens with one attached hydrogen (secondary N) is 2. The van der Waals surface area contributed by atoms with Gasteiger partial charge in [0.15, 0.2) is 0 Å². The quantitative estimate of drug-likeness (QED) is 0.672. The Morgan fingerprint density at radius 1 is 1.08 bits per heavy atom. The summed E-state index contributed by atoms with van der Waals surface area (Å²) in [4.78, 5) is 36.0. The minimum Gasteiger partial charge on any atom is -0.480 e. The first kappa shape index (κ1) is 18.7. The molecule has 0 fully saturated rings. The van der Waals surface area contributed by atoms with E-state index in [2.05, 4.69) is 10.6 Å². The van der Waals surface area contributed by atoms with Crippen LogP contribution in [0.15, 0.2) is 47.8 Å². The van der Waals surface area contributed by atoms with Gasteiger partial charge in [0.2, 0.25) is 11.8 Å². The molecule has 1 unspecified atom stereocenters. The fourth-order valence-corrected chi connectivity index (χ4v) is 3.22. The summed E-state index contributed by atoms with van der Waals surface area (Å²) in [5.41, 5.74) is 0.826. The van der Waals surface area contributed by atoms with Crippen molar-refractivity contribution in [3.8, 4) is 0 Å². The van der Waals surface area contributed by atoms with Crippen LogP contribution in [0.5, 0.6) is 0 Å². The summed E-state index contributed by atoms with van der Waals surface area (Å²) in [5, 5.41) is 16.5. The average molecular weight is 360 g/mol. The van der Waals surface area contributed by atoms with Crippen LogP contribution >= 0.6 is 11.3 Å². The fraction of sp³-hybridized carbons (Fsp3) is 0.278. The van der Waals surface area contributed by atoms with E-state index in [1.807, 2.05) is 47.8 Å². The Labute approximate surface area is 149 Å². The molecule has 2 rings (SSSR count). The van der Waals surface area contributed by atoms with E-state index in [0.29, 0.717) is 0 Å². The van der Waals surface area contributed by atoms with E-state index in [0.717, 1.165) is 10.4 Å². The second-order valence-electron chi connectivity index (χ2n) is 5.62. The molecule has 25 heavy (non-hydrogen) atoms. The molecular weight excluding hydrogens is 340 g/mol. The summed E-state index contributed by atoms with van der Waals surface area (Å²) in [5.74, 6) is -1.76. The molecule has 0 aliphatic carbocycles. The normalized spacial score (nSPS) is 12.8. The molecular formula is C18H20N2O4S. The summed E-state index contributed by atoms with van der Waals surface area (Å²) >= 11 is 1.43. The highest BCUT2D eigenvalue weighted by atomic mass is 32.1. The molecule has 2 atom stereocenters. The van der Waals surface area contributed by atoms with Gasteiger partial charge in [-0.05, 0) is 17.0 Å². The highest BCUT2D eigenvalue weighted by molar-refractivity contribution is 7.10. The van der Waals surface area contributed by atoms with Crippen molar-refractivity contribution in [2.24, 2.45) is 0 Å². The summed E-state index contributed by atoms with van der Waals surface area (Å²) < 4.78 is 0.